The lowest BCUT2D eigenvalue weighted by Crippen LogP contribution is -2.27. The third-order valence-electron chi connectivity index (χ3n) is 2.66. The molecule has 2 fully saturated rings. The summed E-state index contributed by atoms with van der Waals surface area (Å²) in [5, 5.41) is 0. The molecule has 2 heterocycles. The molecule has 0 amide bonds. The summed E-state index contributed by atoms with van der Waals surface area (Å²) in [7, 11) is 0. The summed E-state index contributed by atoms with van der Waals surface area (Å²) in [4.78, 5) is 0. The lowest BCUT2D eigenvalue weighted by molar-refractivity contribution is -0.608. The van der Waals surface area contributed by atoms with Crippen LogP contribution in [0, 0.1) is 0 Å². The number of hydrogen-bond acceptors (Lipinski definition) is 0. The van der Waals surface area contributed by atoms with Crippen LogP contribution in [0.2, 0.25) is 0 Å². The van der Waals surface area contributed by atoms with Gasteiger partial charge < -0.3 is 10.2 Å². The van der Waals surface area contributed by atoms with Gasteiger partial charge >= 0.3 is 0 Å². The molecule has 0 aromatic carbocycles. The summed E-state index contributed by atoms with van der Waals surface area (Å²) in [5.41, 5.74) is 9.34. The van der Waals surface area contributed by atoms with Gasteiger partial charge in [0.1, 0.15) is 12.1 Å². The maximum atomic E-state index is 9.34. The Morgan fingerprint density at radius 1 is 1.00 bits per heavy atom. The van der Waals surface area contributed by atoms with Gasteiger partial charge in [-0.25, -0.2) is 0 Å². The van der Waals surface area contributed by atoms with Crippen LogP contribution in [-0.4, -0.2) is 16.8 Å². The average molecular weight is 124 g/mol. The number of nitrogens with zero attached hydrogens (tertiary/aromatic N) is 2. The van der Waals surface area contributed by atoms with Crippen molar-refractivity contribution < 1.29 is 4.70 Å². The average Bonchev–Trinajstić information content (AvgIpc) is 2.19. The highest BCUT2D eigenvalue weighted by Gasteiger charge is 2.36. The Morgan fingerprint density at radius 2 is 1.56 bits per heavy atom. The second-order valence-corrected chi connectivity index (χ2v) is 3.20. The molecule has 0 spiro atoms. The summed E-state index contributed by atoms with van der Waals surface area (Å²) < 4.78 is 1.59. The predicted octanol–water partition coefficient (Wildman–Crippen LogP) is 1.74. The largest absolute Gasteiger partial charge is 0.506 e. The summed E-state index contributed by atoms with van der Waals surface area (Å²) in [5.74, 6) is 0. The SMILES string of the molecule is [N-]=[N+]1C2CCCC1CC2. The summed E-state index contributed by atoms with van der Waals surface area (Å²) in [6.45, 7) is 0. The molecule has 0 aromatic rings. The van der Waals surface area contributed by atoms with Crippen molar-refractivity contribution in [2.75, 3.05) is 0 Å². The fourth-order valence-corrected chi connectivity index (χ4v) is 2.09. The molecule has 0 N–H and O–H groups in total. The number of fused-ring (bicyclic) bond motifs is 2. The monoisotopic (exact) mass is 124 g/mol. The molecule has 2 bridgehead atoms. The van der Waals surface area contributed by atoms with Crippen LogP contribution >= 0.6 is 0 Å². The normalized spacial score (nSPS) is 41.6. The molecule has 0 saturated carbocycles. The maximum absolute atomic E-state index is 9.34. The lowest BCUT2D eigenvalue weighted by atomic mass is 10.1. The van der Waals surface area contributed by atoms with E-state index in [2.05, 4.69) is 0 Å². The van der Waals surface area contributed by atoms with Gasteiger partial charge in [0.2, 0.25) is 0 Å². The minimum Gasteiger partial charge on any atom is -0.506 e. The zero-order valence-electron chi connectivity index (χ0n) is 5.58. The predicted molar refractivity (Wildman–Crippen MR) is 34.3 cm³/mol. The molecule has 0 radical (unpaired) electrons. The molecule has 0 aromatic heterocycles. The molecular weight excluding hydrogens is 112 g/mol. The van der Waals surface area contributed by atoms with Crippen LogP contribution < -0.4 is 0 Å². The zero-order valence-corrected chi connectivity index (χ0v) is 5.58. The third kappa shape index (κ3) is 0.689. The molecule has 2 saturated heterocycles. The molecular formula is C7H12N2. The van der Waals surface area contributed by atoms with Crippen molar-refractivity contribution in [2.45, 2.75) is 44.2 Å². The smallest absolute Gasteiger partial charge is 0.141 e. The van der Waals surface area contributed by atoms with E-state index < -0.39 is 0 Å². The van der Waals surface area contributed by atoms with E-state index in [1.165, 1.54) is 32.1 Å². The van der Waals surface area contributed by atoms with Gasteiger partial charge in [-0.2, -0.15) is 0 Å². The Labute approximate surface area is 55.4 Å². The maximum Gasteiger partial charge on any atom is 0.141 e. The van der Waals surface area contributed by atoms with Crippen molar-refractivity contribution >= 4 is 0 Å². The van der Waals surface area contributed by atoms with Gasteiger partial charge in [-0.05, 0) is 6.42 Å². The zero-order chi connectivity index (χ0) is 6.27. The van der Waals surface area contributed by atoms with Crippen LogP contribution in [0.1, 0.15) is 32.1 Å². The van der Waals surface area contributed by atoms with Gasteiger partial charge in [-0.3, -0.25) is 0 Å². The fourth-order valence-electron chi connectivity index (χ4n) is 2.09. The fraction of sp³-hybridized carbons (Fsp3) is 1.00. The van der Waals surface area contributed by atoms with Crippen LogP contribution in [0.15, 0.2) is 0 Å². The summed E-state index contributed by atoms with van der Waals surface area (Å²) in [6.07, 6.45) is 6.20. The Kier molecular flexibility index (Phi) is 1.07. The minimum atomic E-state index is 0.517. The molecule has 2 heteroatoms. The van der Waals surface area contributed by atoms with E-state index in [-0.39, 0.29) is 0 Å². The first-order chi connectivity index (χ1) is 4.38. The molecule has 0 aliphatic carbocycles. The first kappa shape index (κ1) is 5.39. The topological polar surface area (TPSA) is 25.3 Å². The van der Waals surface area contributed by atoms with Crippen molar-refractivity contribution in [3.63, 3.8) is 0 Å². The van der Waals surface area contributed by atoms with Crippen molar-refractivity contribution in [3.05, 3.63) is 5.53 Å². The van der Waals surface area contributed by atoms with Gasteiger partial charge in [0.05, 0.1) is 0 Å². The van der Waals surface area contributed by atoms with E-state index in [1.54, 1.807) is 4.70 Å². The first-order valence-corrected chi connectivity index (χ1v) is 3.85. The van der Waals surface area contributed by atoms with Crippen LogP contribution in [-0.2, 0) is 0 Å². The molecule has 2 rings (SSSR count). The molecule has 2 atom stereocenters. The van der Waals surface area contributed by atoms with Crippen molar-refractivity contribution in [3.8, 4) is 0 Å². The highest BCUT2D eigenvalue weighted by atomic mass is 15.2. The summed E-state index contributed by atoms with van der Waals surface area (Å²) >= 11 is 0. The quantitative estimate of drug-likeness (QED) is 0.439. The molecule has 2 aliphatic heterocycles. The summed E-state index contributed by atoms with van der Waals surface area (Å²) in [6, 6.07) is 1.03. The van der Waals surface area contributed by atoms with Crippen molar-refractivity contribution in [1.29, 1.82) is 0 Å². The molecule has 2 aliphatic rings. The highest BCUT2D eigenvalue weighted by Crippen LogP contribution is 2.31. The van der Waals surface area contributed by atoms with Crippen LogP contribution in [0.4, 0.5) is 0 Å². The molecule has 9 heavy (non-hydrogen) atoms. The standard InChI is InChI=1S/C7H12N2/c8-9-6-2-1-3-7(9)5-4-6/h6-7H,1-5H2. The van der Waals surface area contributed by atoms with E-state index in [0.717, 1.165) is 0 Å². The molecule has 50 valence electrons. The van der Waals surface area contributed by atoms with Gasteiger partial charge in [0.15, 0.2) is 0 Å². The van der Waals surface area contributed by atoms with E-state index in [1.807, 2.05) is 0 Å². The van der Waals surface area contributed by atoms with Gasteiger partial charge in [-0.15, -0.1) is 0 Å². The van der Waals surface area contributed by atoms with Crippen molar-refractivity contribution in [1.82, 2.24) is 0 Å². The van der Waals surface area contributed by atoms with E-state index in [9.17, 15) is 5.53 Å². The Hall–Kier alpha value is -0.400. The van der Waals surface area contributed by atoms with E-state index >= 15 is 0 Å². The Bertz CT molecular complexity index is 124. The number of piperidine rings is 1. The van der Waals surface area contributed by atoms with E-state index in [4.69, 9.17) is 0 Å². The second-order valence-electron chi connectivity index (χ2n) is 3.20. The first-order valence-electron chi connectivity index (χ1n) is 3.85. The van der Waals surface area contributed by atoms with Gasteiger partial charge in [0, 0.05) is 25.7 Å². The third-order valence-corrected chi connectivity index (χ3v) is 2.66. The molecule has 2 unspecified atom stereocenters. The van der Waals surface area contributed by atoms with Crippen LogP contribution in [0.25, 0.3) is 5.53 Å². The highest BCUT2D eigenvalue weighted by molar-refractivity contribution is 4.76. The number of rotatable bonds is 0. The van der Waals surface area contributed by atoms with Gasteiger partial charge in [0.25, 0.3) is 0 Å². The minimum absolute atomic E-state index is 0.517. The Balaban J connectivity index is 2.19. The van der Waals surface area contributed by atoms with Gasteiger partial charge in [-0.1, -0.05) is 0 Å². The Morgan fingerprint density at radius 3 is 2.00 bits per heavy atom. The molecule has 2 nitrogen and oxygen atoms in total. The number of hydrogen-bond donors (Lipinski definition) is 0. The second kappa shape index (κ2) is 1.79. The van der Waals surface area contributed by atoms with E-state index in [0.29, 0.717) is 12.1 Å². The lowest BCUT2D eigenvalue weighted by Gasteiger charge is -2.20. The van der Waals surface area contributed by atoms with Crippen molar-refractivity contribution in [2.24, 2.45) is 0 Å². The van der Waals surface area contributed by atoms with Crippen LogP contribution in [0.3, 0.4) is 0 Å². The van der Waals surface area contributed by atoms with Crippen LogP contribution in [0.5, 0.6) is 0 Å².